The van der Waals surface area contributed by atoms with E-state index in [4.69, 9.17) is 0 Å². The molecule has 1 amide bonds. The molecule has 1 N–H and O–H groups in total. The van der Waals surface area contributed by atoms with Crippen LogP contribution in [0.5, 0.6) is 0 Å². The van der Waals surface area contributed by atoms with Gasteiger partial charge in [-0.3, -0.25) is 9.10 Å². The zero-order valence-electron chi connectivity index (χ0n) is 22.7. The number of aryl methyl sites for hydroxylation is 1. The summed E-state index contributed by atoms with van der Waals surface area (Å²) in [6.07, 6.45) is -11.4. The molecule has 15 heteroatoms. The average molecular weight is 626 g/mol. The first-order valence-electron chi connectivity index (χ1n) is 13.1. The molecular weight excluding hydrogens is 595 g/mol. The van der Waals surface area contributed by atoms with Crippen LogP contribution in [0.15, 0.2) is 47.4 Å². The number of nitrogens with zero attached hydrogens (tertiary/aromatic N) is 3. The molecule has 1 fully saturated rings. The number of benzene rings is 2. The second-order valence-corrected chi connectivity index (χ2v) is 12.6. The molecule has 2 heterocycles. The minimum absolute atomic E-state index is 0.104. The lowest BCUT2D eigenvalue weighted by atomic mass is 9.87. The summed E-state index contributed by atoms with van der Waals surface area (Å²) in [4.78, 5) is 16.5. The van der Waals surface area contributed by atoms with E-state index in [9.17, 15) is 49.1 Å². The summed E-state index contributed by atoms with van der Waals surface area (Å²) in [5.41, 5.74) is -7.13. The lowest BCUT2D eigenvalue weighted by molar-refractivity contribution is -0.376. The van der Waals surface area contributed by atoms with E-state index in [-0.39, 0.29) is 47.4 Å². The number of rotatable bonds is 6. The average Bonchev–Trinajstić information content (AvgIpc) is 2.91. The van der Waals surface area contributed by atoms with Crippen molar-refractivity contribution in [2.45, 2.75) is 67.0 Å². The summed E-state index contributed by atoms with van der Waals surface area (Å²) in [7, 11) is -0.708. The smallest absolute Gasteiger partial charge is 0.369 e. The third kappa shape index (κ3) is 5.82. The van der Waals surface area contributed by atoms with Gasteiger partial charge in [0.15, 0.2) is 0 Å². The fourth-order valence-electron chi connectivity index (χ4n) is 5.54. The highest BCUT2D eigenvalue weighted by atomic mass is 32.2. The maximum absolute atomic E-state index is 13.8. The number of halogens is 7. The van der Waals surface area contributed by atoms with Gasteiger partial charge in [0.05, 0.1) is 16.6 Å². The third-order valence-electron chi connectivity index (χ3n) is 7.96. The standard InChI is InChI=1S/C27H30F7N3O4S/c1-35(2)20-11-13-36(14-12-20)24(38)16-21-7-3-17-15-18(25(39,26(29,30)31)27(32,33)34)4-10-23(17)37(21)42(40,41)22-8-5-19(28)6-9-22/h4-6,8-10,15,20-21,39H,3,7,11-14,16H2,1-2H3. The van der Waals surface area contributed by atoms with Gasteiger partial charge in [-0.05, 0) is 75.7 Å². The van der Waals surface area contributed by atoms with Crippen molar-refractivity contribution < 1.29 is 49.1 Å². The zero-order valence-corrected chi connectivity index (χ0v) is 23.5. The fraction of sp³-hybridized carbons (Fsp3) is 0.519. The van der Waals surface area contributed by atoms with Crippen LogP contribution in [0.25, 0.3) is 0 Å². The number of anilines is 1. The molecule has 1 saturated heterocycles. The molecule has 0 aromatic heterocycles. The van der Waals surface area contributed by atoms with E-state index >= 15 is 0 Å². The molecule has 42 heavy (non-hydrogen) atoms. The monoisotopic (exact) mass is 625 g/mol. The molecule has 2 aliphatic rings. The quantitative estimate of drug-likeness (QED) is 0.476. The maximum atomic E-state index is 13.8. The highest BCUT2D eigenvalue weighted by Crippen LogP contribution is 2.51. The number of likely N-dealkylation sites (tertiary alicyclic amines) is 1. The van der Waals surface area contributed by atoms with Crippen LogP contribution in [0.3, 0.4) is 0 Å². The Bertz CT molecular complexity index is 1390. The van der Waals surface area contributed by atoms with Crippen LogP contribution < -0.4 is 4.31 Å². The van der Waals surface area contributed by atoms with E-state index < -0.39 is 45.4 Å². The van der Waals surface area contributed by atoms with Crippen LogP contribution in [-0.4, -0.2) is 80.9 Å². The van der Waals surface area contributed by atoms with Gasteiger partial charge in [-0.25, -0.2) is 12.8 Å². The van der Waals surface area contributed by atoms with E-state index in [2.05, 4.69) is 0 Å². The van der Waals surface area contributed by atoms with Gasteiger partial charge in [-0.2, -0.15) is 26.3 Å². The molecule has 0 saturated carbocycles. The maximum Gasteiger partial charge on any atom is 0.430 e. The fourth-order valence-corrected chi connectivity index (χ4v) is 7.26. The molecule has 1 atom stereocenters. The van der Waals surface area contributed by atoms with Crippen LogP contribution in [-0.2, 0) is 26.8 Å². The largest absolute Gasteiger partial charge is 0.430 e. The summed E-state index contributed by atoms with van der Waals surface area (Å²) in [6, 6.07) is 4.62. The molecule has 7 nitrogen and oxygen atoms in total. The van der Waals surface area contributed by atoms with Gasteiger partial charge in [0, 0.05) is 31.1 Å². The van der Waals surface area contributed by atoms with Crippen molar-refractivity contribution in [1.82, 2.24) is 9.80 Å². The third-order valence-corrected chi connectivity index (χ3v) is 9.84. The summed E-state index contributed by atoms with van der Waals surface area (Å²) in [6.45, 7) is 0.874. The molecule has 232 valence electrons. The summed E-state index contributed by atoms with van der Waals surface area (Å²) in [5.74, 6) is -1.08. The molecule has 0 bridgehead atoms. The number of fused-ring (bicyclic) bond motifs is 1. The number of piperidine rings is 1. The lowest BCUT2D eigenvalue weighted by Gasteiger charge is -2.40. The number of aliphatic hydroxyl groups is 1. The molecule has 2 aromatic rings. The number of alkyl halides is 6. The number of hydrogen-bond acceptors (Lipinski definition) is 5. The Balaban J connectivity index is 1.74. The van der Waals surface area contributed by atoms with Crippen molar-refractivity contribution >= 4 is 21.6 Å². The van der Waals surface area contributed by atoms with Gasteiger partial charge in [0.1, 0.15) is 5.82 Å². The molecule has 2 aromatic carbocycles. The Kier molecular flexibility index (Phi) is 8.61. The lowest BCUT2D eigenvalue weighted by Crippen LogP contribution is -2.54. The number of amides is 1. The minimum atomic E-state index is -6.12. The second-order valence-electron chi connectivity index (χ2n) is 10.8. The molecule has 0 spiro atoms. The number of carbonyl (C=O) groups is 1. The Hall–Kier alpha value is -2.91. The summed E-state index contributed by atoms with van der Waals surface area (Å²) < 4.78 is 123. The van der Waals surface area contributed by atoms with Crippen LogP contribution in [0, 0.1) is 5.82 Å². The molecule has 0 radical (unpaired) electrons. The van der Waals surface area contributed by atoms with E-state index in [0.717, 1.165) is 34.6 Å². The summed E-state index contributed by atoms with van der Waals surface area (Å²) in [5, 5.41) is 9.88. The Morgan fingerprint density at radius 3 is 2.05 bits per heavy atom. The predicted molar refractivity (Wildman–Crippen MR) is 139 cm³/mol. The molecule has 1 unspecified atom stereocenters. The highest BCUT2D eigenvalue weighted by Gasteiger charge is 2.71. The Morgan fingerprint density at radius 1 is 0.952 bits per heavy atom. The normalized spacial score (nSPS) is 19.3. The zero-order chi connectivity index (χ0) is 31.3. The molecule has 2 aliphatic heterocycles. The van der Waals surface area contributed by atoms with Gasteiger partial charge in [-0.1, -0.05) is 12.1 Å². The van der Waals surface area contributed by atoms with E-state index in [1.807, 2.05) is 19.0 Å². The first kappa shape index (κ1) is 32.0. The van der Waals surface area contributed by atoms with Crippen molar-refractivity contribution in [2.75, 3.05) is 31.5 Å². The summed E-state index contributed by atoms with van der Waals surface area (Å²) >= 11 is 0. The van der Waals surface area contributed by atoms with E-state index in [0.29, 0.717) is 38.1 Å². The first-order chi connectivity index (χ1) is 19.4. The van der Waals surface area contributed by atoms with Crippen molar-refractivity contribution in [3.8, 4) is 0 Å². The van der Waals surface area contributed by atoms with Crippen molar-refractivity contribution in [1.29, 1.82) is 0 Å². The minimum Gasteiger partial charge on any atom is -0.369 e. The van der Waals surface area contributed by atoms with Gasteiger partial charge >= 0.3 is 12.4 Å². The number of sulfonamides is 1. The molecular formula is C27H30F7N3O4S. The van der Waals surface area contributed by atoms with Crippen LogP contribution in [0.2, 0.25) is 0 Å². The Morgan fingerprint density at radius 2 is 1.52 bits per heavy atom. The number of carbonyl (C=O) groups excluding carboxylic acids is 1. The molecule has 0 aliphatic carbocycles. The predicted octanol–water partition coefficient (Wildman–Crippen LogP) is 4.59. The van der Waals surface area contributed by atoms with Gasteiger partial charge in [0.25, 0.3) is 15.6 Å². The van der Waals surface area contributed by atoms with Gasteiger partial charge in [-0.15, -0.1) is 0 Å². The Labute approximate surface area is 238 Å². The van der Waals surface area contributed by atoms with E-state index in [1.54, 1.807) is 4.90 Å². The van der Waals surface area contributed by atoms with Crippen molar-refractivity contribution in [2.24, 2.45) is 0 Å². The second kappa shape index (κ2) is 11.3. The van der Waals surface area contributed by atoms with Crippen LogP contribution >= 0.6 is 0 Å². The van der Waals surface area contributed by atoms with Gasteiger partial charge in [0.2, 0.25) is 5.91 Å². The van der Waals surface area contributed by atoms with Crippen LogP contribution in [0.1, 0.15) is 36.8 Å². The topological polar surface area (TPSA) is 81.2 Å². The van der Waals surface area contributed by atoms with E-state index in [1.165, 1.54) is 0 Å². The van der Waals surface area contributed by atoms with Gasteiger partial charge < -0.3 is 14.9 Å². The first-order valence-corrected chi connectivity index (χ1v) is 14.6. The SMILES string of the molecule is CN(C)C1CCN(C(=O)CC2CCc3cc(C(O)(C(F)(F)F)C(F)(F)F)ccc3N2S(=O)(=O)c2ccc(F)cc2)CC1. The van der Waals surface area contributed by atoms with Crippen LogP contribution in [0.4, 0.5) is 36.4 Å². The highest BCUT2D eigenvalue weighted by molar-refractivity contribution is 7.92. The molecule has 4 rings (SSSR count). The number of hydrogen-bond donors (Lipinski definition) is 1. The van der Waals surface area contributed by atoms with Crippen molar-refractivity contribution in [3.63, 3.8) is 0 Å². The van der Waals surface area contributed by atoms with Crippen molar-refractivity contribution in [3.05, 3.63) is 59.4 Å².